The van der Waals surface area contributed by atoms with Crippen molar-refractivity contribution in [1.29, 1.82) is 0 Å². The highest BCUT2D eigenvalue weighted by Gasteiger charge is 2.25. The topological polar surface area (TPSA) is 88.6 Å². The van der Waals surface area contributed by atoms with Crippen molar-refractivity contribution < 1.29 is 23.1 Å². The van der Waals surface area contributed by atoms with E-state index >= 15 is 0 Å². The fourth-order valence-corrected chi connectivity index (χ4v) is 2.41. The van der Waals surface area contributed by atoms with E-state index in [1.165, 1.54) is 6.07 Å². The van der Waals surface area contributed by atoms with Crippen LogP contribution in [0, 0.1) is 5.82 Å². The van der Waals surface area contributed by atoms with Gasteiger partial charge in [0.15, 0.2) is 0 Å². The number of carboxylic acids is 1. The molecule has 0 fully saturated rings. The zero-order valence-electron chi connectivity index (χ0n) is 11.9. The lowest BCUT2D eigenvalue weighted by molar-refractivity contribution is 0.0695. The maximum absolute atomic E-state index is 13.7. The maximum Gasteiger partial charge on any atom is 0.341 e. The highest BCUT2D eigenvalue weighted by Crippen LogP contribution is 2.22. The number of benzene rings is 1. The third kappa shape index (κ3) is 2.44. The largest absolute Gasteiger partial charge is 0.477 e. The average Bonchev–Trinajstić information content (AvgIpc) is 2.51. The quantitative estimate of drug-likeness (QED) is 0.871. The number of fused-ring (bicyclic) bond motifs is 1. The van der Waals surface area contributed by atoms with Crippen molar-refractivity contribution in [3.05, 3.63) is 69.9 Å². The van der Waals surface area contributed by atoms with Crippen molar-refractivity contribution in [3.8, 4) is 0 Å². The van der Waals surface area contributed by atoms with Gasteiger partial charge in [-0.05, 0) is 18.2 Å². The van der Waals surface area contributed by atoms with Gasteiger partial charge in [0.25, 0.3) is 0 Å². The first-order valence-corrected chi connectivity index (χ1v) is 6.66. The second-order valence-electron chi connectivity index (χ2n) is 5.05. The van der Waals surface area contributed by atoms with E-state index in [9.17, 15) is 22.8 Å². The number of carbonyl (C=O) groups is 1. The molecule has 1 aromatic heterocycles. The first kappa shape index (κ1) is 15.8. The fraction of sp³-hybridized carbons (Fsp3) is 0.0667. The van der Waals surface area contributed by atoms with Crippen LogP contribution >= 0.6 is 0 Å². The molecule has 1 unspecified atom stereocenters. The van der Waals surface area contributed by atoms with Crippen LogP contribution in [0.5, 0.6) is 0 Å². The predicted octanol–water partition coefficient (Wildman–Crippen LogP) is 1.74. The number of nitrogens with zero attached hydrogens (tertiary/aromatic N) is 2. The smallest absolute Gasteiger partial charge is 0.341 e. The van der Waals surface area contributed by atoms with Gasteiger partial charge in [0.2, 0.25) is 5.43 Å². The molecule has 0 spiro atoms. The molecule has 9 heteroatoms. The van der Waals surface area contributed by atoms with E-state index in [2.05, 4.69) is 0 Å². The van der Waals surface area contributed by atoms with Gasteiger partial charge in [0.05, 0.1) is 17.1 Å². The Balaban J connectivity index is 2.36. The Morgan fingerprint density at radius 3 is 2.62 bits per heavy atom. The molecule has 2 heterocycles. The minimum Gasteiger partial charge on any atom is -0.477 e. The van der Waals surface area contributed by atoms with Crippen LogP contribution in [-0.4, -0.2) is 21.9 Å². The Morgan fingerprint density at radius 1 is 1.25 bits per heavy atom. The lowest BCUT2D eigenvalue weighted by atomic mass is 10.1. The average molecular weight is 337 g/mol. The summed E-state index contributed by atoms with van der Waals surface area (Å²) in [5, 5.41) is 9.77. The summed E-state index contributed by atoms with van der Waals surface area (Å²) in [5.41, 5.74) is 4.09. The van der Waals surface area contributed by atoms with Crippen LogP contribution < -0.4 is 16.2 Å². The molecule has 2 aromatic rings. The summed E-state index contributed by atoms with van der Waals surface area (Å²) in [6.45, 7) is 0. The molecule has 0 radical (unpaired) electrons. The first-order valence-electron chi connectivity index (χ1n) is 6.66. The molecule has 6 nitrogen and oxygen atoms in total. The number of hydrogen-bond acceptors (Lipinski definition) is 4. The van der Waals surface area contributed by atoms with Gasteiger partial charge < -0.3 is 10.8 Å². The summed E-state index contributed by atoms with van der Waals surface area (Å²) in [5.74, 6) is -4.28. The zero-order chi connectivity index (χ0) is 17.6. The maximum atomic E-state index is 13.7. The minimum absolute atomic E-state index is 0.0422. The van der Waals surface area contributed by atoms with Gasteiger partial charge in [-0.15, -0.1) is 0 Å². The first-order chi connectivity index (χ1) is 11.3. The Morgan fingerprint density at radius 2 is 1.96 bits per heavy atom. The van der Waals surface area contributed by atoms with E-state index in [0.29, 0.717) is 6.08 Å². The number of halogens is 3. The summed E-state index contributed by atoms with van der Waals surface area (Å²) in [6, 6.07) is 3.06. The Labute approximate surface area is 132 Å². The summed E-state index contributed by atoms with van der Waals surface area (Å²) in [4.78, 5) is 23.4. The lowest BCUT2D eigenvalue weighted by Gasteiger charge is -2.32. The SMILES string of the molecule is NC1C(F)=CC(F)=CN1n1cc(C(=O)O)c(=O)c2cc(F)ccc21. The molecular weight excluding hydrogens is 327 g/mol. The zero-order valence-corrected chi connectivity index (χ0v) is 11.9. The van der Waals surface area contributed by atoms with E-state index < -0.39 is 40.6 Å². The molecule has 1 aliphatic rings. The number of aromatic nitrogens is 1. The van der Waals surface area contributed by atoms with Crippen LogP contribution in [0.4, 0.5) is 13.2 Å². The van der Waals surface area contributed by atoms with Crippen LogP contribution in [0.3, 0.4) is 0 Å². The van der Waals surface area contributed by atoms with Crippen molar-refractivity contribution in [3.63, 3.8) is 0 Å². The number of hydrogen-bond donors (Lipinski definition) is 2. The van der Waals surface area contributed by atoms with Crippen LogP contribution in [-0.2, 0) is 0 Å². The summed E-state index contributed by atoms with van der Waals surface area (Å²) in [6.07, 6.45) is 0.866. The van der Waals surface area contributed by atoms with E-state index in [1.807, 2.05) is 0 Å². The van der Waals surface area contributed by atoms with Crippen LogP contribution in [0.15, 0.2) is 53.1 Å². The van der Waals surface area contributed by atoms with Gasteiger partial charge in [-0.2, -0.15) is 0 Å². The summed E-state index contributed by atoms with van der Waals surface area (Å²) < 4.78 is 41.7. The molecule has 0 aliphatic carbocycles. The second kappa shape index (κ2) is 5.53. The van der Waals surface area contributed by atoms with Crippen molar-refractivity contribution in [2.75, 3.05) is 5.01 Å². The molecular formula is C15H10F3N3O3. The van der Waals surface area contributed by atoms with Gasteiger partial charge in [0, 0.05) is 12.3 Å². The van der Waals surface area contributed by atoms with Gasteiger partial charge in [0.1, 0.15) is 29.2 Å². The number of rotatable bonds is 2. The van der Waals surface area contributed by atoms with E-state index in [4.69, 9.17) is 10.8 Å². The van der Waals surface area contributed by atoms with Crippen molar-refractivity contribution in [1.82, 2.24) is 4.68 Å². The number of allylic oxidation sites excluding steroid dienone is 2. The molecule has 0 bridgehead atoms. The van der Waals surface area contributed by atoms with Crippen molar-refractivity contribution >= 4 is 16.9 Å². The second-order valence-corrected chi connectivity index (χ2v) is 5.05. The molecule has 24 heavy (non-hydrogen) atoms. The van der Waals surface area contributed by atoms with Crippen LogP contribution in [0.25, 0.3) is 10.9 Å². The van der Waals surface area contributed by atoms with Gasteiger partial charge in [-0.3, -0.25) is 14.5 Å². The summed E-state index contributed by atoms with van der Waals surface area (Å²) in [7, 11) is 0. The third-order valence-electron chi connectivity index (χ3n) is 3.52. The van der Waals surface area contributed by atoms with Gasteiger partial charge in [-0.25, -0.2) is 18.0 Å². The van der Waals surface area contributed by atoms with E-state index in [-0.39, 0.29) is 10.9 Å². The predicted molar refractivity (Wildman–Crippen MR) is 79.7 cm³/mol. The Hall–Kier alpha value is -3.07. The number of nitrogens with two attached hydrogens (primary N) is 1. The molecule has 1 aliphatic heterocycles. The minimum atomic E-state index is -1.56. The van der Waals surface area contributed by atoms with Crippen molar-refractivity contribution in [2.24, 2.45) is 5.73 Å². The highest BCUT2D eigenvalue weighted by atomic mass is 19.1. The highest BCUT2D eigenvalue weighted by molar-refractivity contribution is 5.92. The van der Waals surface area contributed by atoms with Gasteiger partial charge >= 0.3 is 5.97 Å². The molecule has 3 rings (SSSR count). The molecule has 1 atom stereocenters. The molecule has 0 saturated carbocycles. The monoisotopic (exact) mass is 337 g/mol. The number of pyridine rings is 1. The molecule has 3 N–H and O–H groups in total. The van der Waals surface area contributed by atoms with Gasteiger partial charge in [-0.1, -0.05) is 0 Å². The van der Waals surface area contributed by atoms with E-state index in [1.54, 1.807) is 0 Å². The van der Waals surface area contributed by atoms with Crippen molar-refractivity contribution in [2.45, 2.75) is 6.17 Å². The molecule has 1 aromatic carbocycles. The summed E-state index contributed by atoms with van der Waals surface area (Å²) >= 11 is 0. The van der Waals surface area contributed by atoms with E-state index in [0.717, 1.165) is 34.2 Å². The van der Waals surface area contributed by atoms with Crippen LogP contribution in [0.1, 0.15) is 10.4 Å². The fourth-order valence-electron chi connectivity index (χ4n) is 2.41. The third-order valence-corrected chi connectivity index (χ3v) is 3.52. The lowest BCUT2D eigenvalue weighted by Crippen LogP contribution is -2.48. The molecule has 0 amide bonds. The number of aromatic carboxylic acids is 1. The Kier molecular flexibility index (Phi) is 3.64. The molecule has 124 valence electrons. The Bertz CT molecular complexity index is 981. The standard InChI is InChI=1S/C15H10F3N3O3/c16-7-1-2-12-9(3-7)13(22)10(15(23)24)6-20(12)21-5-8(17)4-11(18)14(21)19/h1-6,14H,19H2,(H,23,24). The number of carboxylic acid groups (broad SMARTS) is 1. The molecule has 0 saturated heterocycles. The normalized spacial score (nSPS) is 17.7. The van der Waals surface area contributed by atoms with Crippen LogP contribution in [0.2, 0.25) is 0 Å².